The van der Waals surface area contributed by atoms with Gasteiger partial charge in [0.1, 0.15) is 0 Å². The highest BCUT2D eigenvalue weighted by atomic mass is 16.2. The lowest BCUT2D eigenvalue weighted by molar-refractivity contribution is -0.130. The number of nitrogens with zero attached hydrogens (tertiary/aromatic N) is 4. The lowest BCUT2D eigenvalue weighted by Gasteiger charge is -2.17. The van der Waals surface area contributed by atoms with Crippen molar-refractivity contribution in [2.45, 2.75) is 26.3 Å². The zero-order chi connectivity index (χ0) is 18.5. The summed E-state index contributed by atoms with van der Waals surface area (Å²) in [4.78, 5) is 35.2. The van der Waals surface area contributed by atoms with Crippen molar-refractivity contribution in [3.63, 3.8) is 0 Å². The van der Waals surface area contributed by atoms with Crippen LogP contribution in [0.3, 0.4) is 0 Å². The predicted octanol–water partition coefficient (Wildman–Crippen LogP) is 2.19. The van der Waals surface area contributed by atoms with Crippen LogP contribution in [0.15, 0.2) is 53.7 Å². The standard InChI is InChI=1S/C20H22N4O2/c1-15-6-5-8-17-19(15)22-14-24(20(17)26)13-10-18(25)23(2)12-9-16-7-3-4-11-21-16/h3-8,11,14H,9-10,12-13H2,1-2H3. The first kappa shape index (κ1) is 17.8. The summed E-state index contributed by atoms with van der Waals surface area (Å²) in [7, 11) is 1.77. The van der Waals surface area contributed by atoms with Crippen LogP contribution in [0.2, 0.25) is 0 Å². The highest BCUT2D eigenvalue weighted by molar-refractivity contribution is 5.80. The van der Waals surface area contributed by atoms with E-state index in [0.29, 0.717) is 30.4 Å². The fourth-order valence-electron chi connectivity index (χ4n) is 2.86. The maximum atomic E-state index is 12.6. The van der Waals surface area contributed by atoms with E-state index in [0.717, 1.165) is 11.3 Å². The lowest BCUT2D eigenvalue weighted by atomic mass is 10.1. The van der Waals surface area contributed by atoms with Gasteiger partial charge >= 0.3 is 0 Å². The fourth-order valence-corrected chi connectivity index (χ4v) is 2.86. The summed E-state index contributed by atoms with van der Waals surface area (Å²) in [6.07, 6.45) is 4.24. The van der Waals surface area contributed by atoms with Crippen LogP contribution in [-0.2, 0) is 17.8 Å². The van der Waals surface area contributed by atoms with Crippen LogP contribution in [0.5, 0.6) is 0 Å². The smallest absolute Gasteiger partial charge is 0.261 e. The molecule has 0 saturated carbocycles. The summed E-state index contributed by atoms with van der Waals surface area (Å²) >= 11 is 0. The molecule has 0 aliphatic heterocycles. The highest BCUT2D eigenvalue weighted by Gasteiger charge is 2.11. The van der Waals surface area contributed by atoms with Crippen molar-refractivity contribution in [1.29, 1.82) is 0 Å². The quantitative estimate of drug-likeness (QED) is 0.683. The lowest BCUT2D eigenvalue weighted by Crippen LogP contribution is -2.31. The molecule has 0 unspecified atom stereocenters. The molecule has 6 heteroatoms. The zero-order valence-electron chi connectivity index (χ0n) is 15.1. The number of rotatable bonds is 6. The second kappa shape index (κ2) is 7.91. The Morgan fingerprint density at radius 3 is 2.77 bits per heavy atom. The van der Waals surface area contributed by atoms with E-state index >= 15 is 0 Å². The van der Waals surface area contributed by atoms with Gasteiger partial charge in [0.15, 0.2) is 0 Å². The molecular weight excluding hydrogens is 328 g/mol. The van der Waals surface area contributed by atoms with E-state index in [1.807, 2.05) is 37.3 Å². The number of hydrogen-bond acceptors (Lipinski definition) is 4. The van der Waals surface area contributed by atoms with Gasteiger partial charge in [-0.2, -0.15) is 0 Å². The number of para-hydroxylation sites is 1. The third-order valence-electron chi connectivity index (χ3n) is 4.48. The first-order chi connectivity index (χ1) is 12.6. The molecule has 0 bridgehead atoms. The van der Waals surface area contributed by atoms with E-state index < -0.39 is 0 Å². The van der Waals surface area contributed by atoms with Gasteiger partial charge in [0.25, 0.3) is 5.56 Å². The Hall–Kier alpha value is -3.02. The van der Waals surface area contributed by atoms with Gasteiger partial charge in [-0.05, 0) is 30.7 Å². The van der Waals surface area contributed by atoms with Crippen molar-refractivity contribution < 1.29 is 4.79 Å². The van der Waals surface area contributed by atoms with Crippen LogP contribution in [0.4, 0.5) is 0 Å². The molecule has 2 aromatic heterocycles. The van der Waals surface area contributed by atoms with Gasteiger partial charge in [0.2, 0.25) is 5.91 Å². The molecule has 0 fully saturated rings. The van der Waals surface area contributed by atoms with Crippen molar-refractivity contribution in [3.05, 3.63) is 70.5 Å². The fraction of sp³-hybridized carbons (Fsp3) is 0.300. The van der Waals surface area contributed by atoms with Gasteiger partial charge < -0.3 is 4.90 Å². The topological polar surface area (TPSA) is 68.1 Å². The molecular formula is C20H22N4O2. The molecule has 0 N–H and O–H groups in total. The van der Waals surface area contributed by atoms with Crippen molar-refractivity contribution in [2.24, 2.45) is 0 Å². The molecule has 0 aliphatic carbocycles. The van der Waals surface area contributed by atoms with Crippen LogP contribution < -0.4 is 5.56 Å². The van der Waals surface area contributed by atoms with Crippen LogP contribution >= 0.6 is 0 Å². The molecule has 0 aliphatic rings. The predicted molar refractivity (Wildman–Crippen MR) is 101 cm³/mol. The molecule has 0 atom stereocenters. The number of benzene rings is 1. The van der Waals surface area contributed by atoms with Crippen molar-refractivity contribution in [2.75, 3.05) is 13.6 Å². The minimum atomic E-state index is -0.109. The average Bonchev–Trinajstić information content (AvgIpc) is 2.66. The summed E-state index contributed by atoms with van der Waals surface area (Å²) in [5.74, 6) is -0.00262. The number of hydrogen-bond donors (Lipinski definition) is 0. The van der Waals surface area contributed by atoms with Gasteiger partial charge in [-0.25, -0.2) is 4.98 Å². The molecule has 0 saturated heterocycles. The Kier molecular flexibility index (Phi) is 5.41. The number of pyridine rings is 1. The largest absolute Gasteiger partial charge is 0.345 e. The summed E-state index contributed by atoms with van der Waals surface area (Å²) < 4.78 is 1.51. The Morgan fingerprint density at radius 2 is 2.00 bits per heavy atom. The molecule has 134 valence electrons. The van der Waals surface area contributed by atoms with Crippen LogP contribution in [0.1, 0.15) is 17.7 Å². The molecule has 0 spiro atoms. The number of aromatic nitrogens is 3. The monoisotopic (exact) mass is 350 g/mol. The summed E-state index contributed by atoms with van der Waals surface area (Å²) in [6.45, 7) is 2.85. The Morgan fingerprint density at radius 1 is 1.15 bits per heavy atom. The van der Waals surface area contributed by atoms with Gasteiger partial charge in [0, 0.05) is 44.9 Å². The van der Waals surface area contributed by atoms with E-state index in [2.05, 4.69) is 9.97 Å². The Bertz CT molecular complexity index is 966. The normalized spacial score (nSPS) is 10.8. The number of likely N-dealkylation sites (N-methyl/N-ethyl adjacent to an activating group) is 1. The van der Waals surface area contributed by atoms with Crippen molar-refractivity contribution >= 4 is 16.8 Å². The van der Waals surface area contributed by atoms with E-state index in [1.54, 1.807) is 24.2 Å². The van der Waals surface area contributed by atoms with Crippen LogP contribution in [0, 0.1) is 6.92 Å². The molecule has 2 heterocycles. The number of carbonyl (C=O) groups is 1. The number of carbonyl (C=O) groups excluding carboxylic acids is 1. The molecule has 6 nitrogen and oxygen atoms in total. The minimum Gasteiger partial charge on any atom is -0.345 e. The average molecular weight is 350 g/mol. The van der Waals surface area contributed by atoms with E-state index in [9.17, 15) is 9.59 Å². The van der Waals surface area contributed by atoms with Crippen molar-refractivity contribution in [1.82, 2.24) is 19.4 Å². The third-order valence-corrected chi connectivity index (χ3v) is 4.48. The summed E-state index contributed by atoms with van der Waals surface area (Å²) in [5, 5.41) is 0.587. The van der Waals surface area contributed by atoms with Gasteiger partial charge in [-0.3, -0.25) is 19.1 Å². The maximum absolute atomic E-state index is 12.6. The second-order valence-corrected chi connectivity index (χ2v) is 6.35. The third kappa shape index (κ3) is 3.96. The molecule has 26 heavy (non-hydrogen) atoms. The maximum Gasteiger partial charge on any atom is 0.261 e. The number of aryl methyl sites for hydroxylation is 2. The number of amides is 1. The second-order valence-electron chi connectivity index (χ2n) is 6.35. The SMILES string of the molecule is Cc1cccc2c(=O)n(CCC(=O)N(C)CCc3ccccn3)cnc12. The summed E-state index contributed by atoms with van der Waals surface area (Å²) in [6, 6.07) is 11.3. The van der Waals surface area contributed by atoms with E-state index in [-0.39, 0.29) is 17.9 Å². The van der Waals surface area contributed by atoms with Crippen LogP contribution in [-0.4, -0.2) is 38.9 Å². The molecule has 3 rings (SSSR count). The van der Waals surface area contributed by atoms with Crippen molar-refractivity contribution in [3.8, 4) is 0 Å². The minimum absolute atomic E-state index is 0.00262. The molecule has 1 aromatic carbocycles. The molecule has 1 amide bonds. The highest BCUT2D eigenvalue weighted by Crippen LogP contribution is 2.11. The van der Waals surface area contributed by atoms with E-state index in [4.69, 9.17) is 0 Å². The van der Waals surface area contributed by atoms with Crippen LogP contribution in [0.25, 0.3) is 10.9 Å². The van der Waals surface area contributed by atoms with E-state index in [1.165, 1.54) is 10.9 Å². The Labute approximate surface area is 152 Å². The molecule has 3 aromatic rings. The Balaban J connectivity index is 1.61. The van der Waals surface area contributed by atoms with Gasteiger partial charge in [-0.1, -0.05) is 18.2 Å². The zero-order valence-corrected chi connectivity index (χ0v) is 15.1. The summed E-state index contributed by atoms with van der Waals surface area (Å²) in [5.41, 5.74) is 2.53. The molecule has 0 radical (unpaired) electrons. The van der Waals surface area contributed by atoms with Gasteiger partial charge in [-0.15, -0.1) is 0 Å². The first-order valence-corrected chi connectivity index (χ1v) is 8.65. The first-order valence-electron chi connectivity index (χ1n) is 8.65. The number of fused-ring (bicyclic) bond motifs is 1. The van der Waals surface area contributed by atoms with Gasteiger partial charge in [0.05, 0.1) is 17.2 Å².